The lowest BCUT2D eigenvalue weighted by molar-refractivity contribution is -0.143. The highest BCUT2D eigenvalue weighted by Crippen LogP contribution is 2.36. The highest BCUT2D eigenvalue weighted by Gasteiger charge is 2.42. The first-order chi connectivity index (χ1) is 15.8. The predicted molar refractivity (Wildman–Crippen MR) is 126 cm³/mol. The molecule has 1 heterocycles. The van der Waals surface area contributed by atoms with Gasteiger partial charge in [-0.1, -0.05) is 36.4 Å². The van der Waals surface area contributed by atoms with E-state index in [1.807, 2.05) is 69.3 Å². The SMILES string of the molecule is CCC(C)(C)NC(=O)C(c1cccc(OC)c1)N(C(=O)Cn1nnc2ccccc21)C1CC1. The average molecular weight is 450 g/mol. The molecule has 1 aromatic heterocycles. The Bertz CT molecular complexity index is 1150. The third kappa shape index (κ3) is 4.99. The Morgan fingerprint density at radius 2 is 1.97 bits per heavy atom. The maximum Gasteiger partial charge on any atom is 0.247 e. The molecular weight excluding hydrogens is 418 g/mol. The van der Waals surface area contributed by atoms with E-state index in [4.69, 9.17) is 4.74 Å². The van der Waals surface area contributed by atoms with Gasteiger partial charge in [0.15, 0.2) is 0 Å². The van der Waals surface area contributed by atoms with Crippen molar-refractivity contribution in [2.45, 2.75) is 64.2 Å². The number of carbonyl (C=O) groups is 2. The Hall–Kier alpha value is -3.42. The monoisotopic (exact) mass is 449 g/mol. The molecule has 1 unspecified atom stereocenters. The maximum absolute atomic E-state index is 13.7. The number of ether oxygens (including phenoxy) is 1. The summed E-state index contributed by atoms with van der Waals surface area (Å²) in [6, 6.07) is 14.2. The molecule has 1 aliphatic carbocycles. The van der Waals surface area contributed by atoms with Crippen molar-refractivity contribution in [3.63, 3.8) is 0 Å². The summed E-state index contributed by atoms with van der Waals surface area (Å²) in [5, 5.41) is 11.5. The van der Waals surface area contributed by atoms with Crippen molar-refractivity contribution < 1.29 is 14.3 Å². The van der Waals surface area contributed by atoms with Gasteiger partial charge in [-0.15, -0.1) is 5.10 Å². The minimum absolute atomic E-state index is 0.0129. The Kier molecular flexibility index (Phi) is 6.35. The molecule has 0 spiro atoms. The van der Waals surface area contributed by atoms with Crippen LogP contribution in [0.3, 0.4) is 0 Å². The number of carbonyl (C=O) groups excluding carboxylic acids is 2. The number of aromatic nitrogens is 3. The van der Waals surface area contributed by atoms with E-state index in [0.29, 0.717) is 5.75 Å². The van der Waals surface area contributed by atoms with Crippen LogP contribution in [0.25, 0.3) is 11.0 Å². The Morgan fingerprint density at radius 3 is 2.67 bits per heavy atom. The van der Waals surface area contributed by atoms with Crippen LogP contribution in [0.4, 0.5) is 0 Å². The molecule has 8 heteroatoms. The van der Waals surface area contributed by atoms with E-state index >= 15 is 0 Å². The van der Waals surface area contributed by atoms with Crippen LogP contribution in [0.1, 0.15) is 51.6 Å². The van der Waals surface area contributed by atoms with E-state index in [1.165, 1.54) is 0 Å². The molecule has 3 aromatic rings. The molecule has 1 atom stereocenters. The number of rotatable bonds is 9. The van der Waals surface area contributed by atoms with E-state index in [9.17, 15) is 9.59 Å². The van der Waals surface area contributed by atoms with Crippen molar-refractivity contribution in [1.29, 1.82) is 0 Å². The zero-order chi connectivity index (χ0) is 23.6. The Morgan fingerprint density at radius 1 is 1.21 bits per heavy atom. The molecule has 0 saturated heterocycles. The number of amides is 2. The molecule has 0 bridgehead atoms. The van der Waals surface area contributed by atoms with Crippen molar-refractivity contribution in [3.8, 4) is 5.75 Å². The summed E-state index contributed by atoms with van der Waals surface area (Å²) in [7, 11) is 1.59. The second-order valence-electron chi connectivity index (χ2n) is 9.17. The van der Waals surface area contributed by atoms with Gasteiger partial charge in [-0.3, -0.25) is 9.59 Å². The van der Waals surface area contributed by atoms with E-state index in [0.717, 1.165) is 35.9 Å². The minimum atomic E-state index is -0.763. The molecule has 2 aromatic carbocycles. The zero-order valence-corrected chi connectivity index (χ0v) is 19.6. The second-order valence-corrected chi connectivity index (χ2v) is 9.17. The van der Waals surface area contributed by atoms with Gasteiger partial charge in [0.1, 0.15) is 23.9 Å². The number of benzene rings is 2. The van der Waals surface area contributed by atoms with Crippen LogP contribution in [0, 0.1) is 0 Å². The van der Waals surface area contributed by atoms with Crippen LogP contribution in [0.5, 0.6) is 5.75 Å². The topological polar surface area (TPSA) is 89.4 Å². The number of hydrogen-bond donors (Lipinski definition) is 1. The van der Waals surface area contributed by atoms with E-state index in [2.05, 4.69) is 15.6 Å². The fraction of sp³-hybridized carbons (Fsp3) is 0.440. The summed E-state index contributed by atoms with van der Waals surface area (Å²) in [4.78, 5) is 29.0. The molecule has 0 aliphatic heterocycles. The minimum Gasteiger partial charge on any atom is -0.497 e. The first-order valence-corrected chi connectivity index (χ1v) is 11.4. The number of nitrogens with zero attached hydrogens (tertiary/aromatic N) is 4. The summed E-state index contributed by atoms with van der Waals surface area (Å²) in [6.07, 6.45) is 2.51. The maximum atomic E-state index is 13.7. The van der Waals surface area contributed by atoms with E-state index in [1.54, 1.807) is 16.7 Å². The lowest BCUT2D eigenvalue weighted by Crippen LogP contribution is -2.51. The highest BCUT2D eigenvalue weighted by atomic mass is 16.5. The van der Waals surface area contributed by atoms with E-state index < -0.39 is 11.6 Å². The van der Waals surface area contributed by atoms with Gasteiger partial charge >= 0.3 is 0 Å². The average Bonchev–Trinajstić information content (AvgIpc) is 3.57. The van der Waals surface area contributed by atoms with Crippen LogP contribution in [-0.4, -0.2) is 50.4 Å². The molecule has 2 amide bonds. The van der Waals surface area contributed by atoms with Gasteiger partial charge in [-0.25, -0.2) is 4.68 Å². The predicted octanol–water partition coefficient (Wildman–Crippen LogP) is 3.48. The first-order valence-electron chi connectivity index (χ1n) is 11.4. The zero-order valence-electron chi connectivity index (χ0n) is 19.6. The number of fused-ring (bicyclic) bond motifs is 1. The summed E-state index contributed by atoms with van der Waals surface area (Å²) in [5.41, 5.74) is 1.85. The summed E-state index contributed by atoms with van der Waals surface area (Å²) >= 11 is 0. The van der Waals surface area contributed by atoms with Gasteiger partial charge in [0.2, 0.25) is 11.8 Å². The largest absolute Gasteiger partial charge is 0.497 e. The van der Waals surface area contributed by atoms with Crippen molar-refractivity contribution in [2.24, 2.45) is 0 Å². The number of hydrogen-bond acceptors (Lipinski definition) is 5. The quantitative estimate of drug-likeness (QED) is 0.540. The van der Waals surface area contributed by atoms with Crippen LogP contribution in [-0.2, 0) is 16.1 Å². The van der Waals surface area contributed by atoms with Crippen LogP contribution in [0.2, 0.25) is 0 Å². The van der Waals surface area contributed by atoms with Gasteiger partial charge in [0, 0.05) is 11.6 Å². The lowest BCUT2D eigenvalue weighted by atomic mass is 9.98. The fourth-order valence-corrected chi connectivity index (χ4v) is 3.90. The summed E-state index contributed by atoms with van der Waals surface area (Å²) in [5.74, 6) is 0.287. The molecule has 4 rings (SSSR count). The molecule has 8 nitrogen and oxygen atoms in total. The summed E-state index contributed by atoms with van der Waals surface area (Å²) < 4.78 is 7.00. The molecule has 1 fully saturated rings. The van der Waals surface area contributed by atoms with E-state index in [-0.39, 0.29) is 24.4 Å². The highest BCUT2D eigenvalue weighted by molar-refractivity contribution is 5.90. The van der Waals surface area contributed by atoms with Crippen molar-refractivity contribution in [3.05, 3.63) is 54.1 Å². The number of para-hydroxylation sites is 1. The Labute approximate surface area is 193 Å². The molecule has 33 heavy (non-hydrogen) atoms. The Balaban J connectivity index is 1.70. The number of methoxy groups -OCH3 is 1. The van der Waals surface area contributed by atoms with Gasteiger partial charge in [-0.2, -0.15) is 0 Å². The van der Waals surface area contributed by atoms with Crippen LogP contribution < -0.4 is 10.1 Å². The number of nitrogens with one attached hydrogen (secondary N) is 1. The molecular formula is C25H31N5O3. The fourth-order valence-electron chi connectivity index (χ4n) is 3.90. The summed E-state index contributed by atoms with van der Waals surface area (Å²) in [6.45, 7) is 6.01. The van der Waals surface area contributed by atoms with Crippen molar-refractivity contribution in [2.75, 3.05) is 7.11 Å². The molecule has 1 aliphatic rings. The van der Waals surface area contributed by atoms with Crippen molar-refractivity contribution in [1.82, 2.24) is 25.2 Å². The standard InChI is InChI=1S/C25H31N5O3/c1-5-25(2,3)26-24(32)23(17-9-8-10-19(15-17)33-4)30(18-13-14-18)22(31)16-29-21-12-7-6-11-20(21)27-28-29/h6-12,15,18,23H,5,13-14,16H2,1-4H3,(H,26,32). The van der Waals surface area contributed by atoms with Gasteiger partial charge in [-0.05, 0) is 62.9 Å². The second kappa shape index (κ2) is 9.21. The van der Waals surface area contributed by atoms with Crippen LogP contribution in [0.15, 0.2) is 48.5 Å². The third-order valence-electron chi connectivity index (χ3n) is 6.22. The van der Waals surface area contributed by atoms with Gasteiger partial charge in [0.25, 0.3) is 0 Å². The molecule has 1 N–H and O–H groups in total. The van der Waals surface area contributed by atoms with Crippen molar-refractivity contribution >= 4 is 22.8 Å². The van der Waals surface area contributed by atoms with Gasteiger partial charge in [0.05, 0.1) is 12.6 Å². The lowest BCUT2D eigenvalue weighted by Gasteiger charge is -2.35. The molecule has 0 radical (unpaired) electrons. The smallest absolute Gasteiger partial charge is 0.247 e. The third-order valence-corrected chi connectivity index (χ3v) is 6.22. The molecule has 1 saturated carbocycles. The van der Waals surface area contributed by atoms with Crippen LogP contribution >= 0.6 is 0 Å². The normalized spacial score (nSPS) is 14.7. The van der Waals surface area contributed by atoms with Gasteiger partial charge < -0.3 is 15.0 Å². The first kappa shape index (κ1) is 22.8. The molecule has 174 valence electrons.